The Morgan fingerprint density at radius 2 is 1.61 bits per heavy atom. The summed E-state index contributed by atoms with van der Waals surface area (Å²) in [6, 6.07) is 18.1. The summed E-state index contributed by atoms with van der Waals surface area (Å²) in [6.07, 6.45) is 2.12. The molecule has 2 aromatic rings. The van der Waals surface area contributed by atoms with Crippen LogP contribution in [0.25, 0.3) is 0 Å². The van der Waals surface area contributed by atoms with Gasteiger partial charge >= 0.3 is 6.03 Å². The maximum absolute atomic E-state index is 13.3. The van der Waals surface area contributed by atoms with E-state index in [0.717, 1.165) is 31.8 Å². The number of amides is 3. The number of ether oxygens (including phenoxy) is 1. The van der Waals surface area contributed by atoms with Gasteiger partial charge in [0.1, 0.15) is 11.3 Å². The van der Waals surface area contributed by atoms with Crippen LogP contribution in [0.15, 0.2) is 54.6 Å². The van der Waals surface area contributed by atoms with Gasteiger partial charge in [-0.15, -0.1) is 0 Å². The van der Waals surface area contributed by atoms with Crippen LogP contribution in [0, 0.1) is 0 Å². The maximum Gasteiger partial charge on any atom is 0.327 e. The number of likely N-dealkylation sites (N-methyl/N-ethyl adjacent to an activating group) is 1. The number of rotatable bonds is 7. The van der Waals surface area contributed by atoms with Crippen molar-refractivity contribution >= 4 is 11.9 Å². The molecule has 31 heavy (non-hydrogen) atoms. The molecule has 6 nitrogen and oxygen atoms in total. The van der Waals surface area contributed by atoms with Crippen LogP contribution in [0.5, 0.6) is 5.75 Å². The number of piperidine rings is 1. The van der Waals surface area contributed by atoms with E-state index in [4.69, 9.17) is 4.74 Å². The standard InChI is InChI=1S/C25H31N3O3/c1-3-27-23(29)25(28(24(27)30)16-13-20-7-5-4-6-8-20)14-17-26(18-15-25)19-21-9-11-22(31-2)12-10-21/h4-12H,3,13-19H2,1-2H3. The Morgan fingerprint density at radius 3 is 2.23 bits per heavy atom. The van der Waals surface area contributed by atoms with Crippen LogP contribution < -0.4 is 4.74 Å². The van der Waals surface area contributed by atoms with E-state index in [-0.39, 0.29) is 11.9 Å². The normalized spacial score (nSPS) is 18.8. The topological polar surface area (TPSA) is 53.1 Å². The minimum absolute atomic E-state index is 0.0165. The molecule has 6 heteroatoms. The third kappa shape index (κ3) is 4.17. The summed E-state index contributed by atoms with van der Waals surface area (Å²) in [5.74, 6) is 0.835. The van der Waals surface area contributed by atoms with Crippen molar-refractivity contribution in [3.05, 3.63) is 65.7 Å². The summed E-state index contributed by atoms with van der Waals surface area (Å²) in [4.78, 5) is 32.1. The summed E-state index contributed by atoms with van der Waals surface area (Å²) in [5, 5.41) is 0. The fourth-order valence-electron chi connectivity index (χ4n) is 4.81. The molecule has 2 fully saturated rings. The third-order valence-electron chi connectivity index (χ3n) is 6.65. The van der Waals surface area contributed by atoms with Crippen molar-refractivity contribution in [1.82, 2.24) is 14.7 Å². The Kier molecular flexibility index (Phi) is 6.28. The molecule has 0 atom stereocenters. The van der Waals surface area contributed by atoms with Crippen LogP contribution in [-0.2, 0) is 17.8 Å². The highest BCUT2D eigenvalue weighted by atomic mass is 16.5. The predicted molar refractivity (Wildman–Crippen MR) is 120 cm³/mol. The molecule has 164 valence electrons. The lowest BCUT2D eigenvalue weighted by molar-refractivity contribution is -0.135. The highest BCUT2D eigenvalue weighted by Gasteiger charge is 2.57. The van der Waals surface area contributed by atoms with Crippen LogP contribution in [0.2, 0.25) is 0 Å². The molecule has 2 aromatic carbocycles. The van der Waals surface area contributed by atoms with Gasteiger partial charge in [0.2, 0.25) is 0 Å². The zero-order valence-corrected chi connectivity index (χ0v) is 18.4. The SMILES string of the molecule is CCN1C(=O)N(CCc2ccccc2)C2(CCN(Cc3ccc(OC)cc3)CC2)C1=O. The molecule has 1 spiro atoms. The van der Waals surface area contributed by atoms with Crippen molar-refractivity contribution in [2.75, 3.05) is 33.3 Å². The number of methoxy groups -OCH3 is 1. The summed E-state index contributed by atoms with van der Waals surface area (Å²) in [6.45, 7) is 5.31. The van der Waals surface area contributed by atoms with E-state index in [1.54, 1.807) is 7.11 Å². The van der Waals surface area contributed by atoms with Gasteiger partial charge in [0.05, 0.1) is 7.11 Å². The van der Waals surface area contributed by atoms with Crippen LogP contribution >= 0.6 is 0 Å². The van der Waals surface area contributed by atoms with Crippen molar-refractivity contribution in [2.24, 2.45) is 0 Å². The van der Waals surface area contributed by atoms with Gasteiger partial charge in [-0.05, 0) is 49.4 Å². The van der Waals surface area contributed by atoms with E-state index < -0.39 is 5.54 Å². The van der Waals surface area contributed by atoms with Crippen LogP contribution in [-0.4, -0.2) is 65.5 Å². The smallest absolute Gasteiger partial charge is 0.327 e. The number of urea groups is 1. The van der Waals surface area contributed by atoms with E-state index >= 15 is 0 Å². The number of nitrogens with zero attached hydrogens (tertiary/aromatic N) is 3. The van der Waals surface area contributed by atoms with Gasteiger partial charge < -0.3 is 9.64 Å². The number of carbonyl (C=O) groups excluding carboxylic acids is 2. The van der Waals surface area contributed by atoms with Crippen molar-refractivity contribution in [3.8, 4) is 5.75 Å². The Morgan fingerprint density at radius 1 is 0.935 bits per heavy atom. The molecule has 0 unspecified atom stereocenters. The van der Waals surface area contributed by atoms with Gasteiger partial charge in [-0.3, -0.25) is 14.6 Å². The van der Waals surface area contributed by atoms with Crippen LogP contribution in [0.1, 0.15) is 30.9 Å². The first-order chi connectivity index (χ1) is 15.1. The lowest BCUT2D eigenvalue weighted by atomic mass is 9.85. The molecule has 4 rings (SSSR count). The highest BCUT2D eigenvalue weighted by molar-refractivity contribution is 6.07. The van der Waals surface area contributed by atoms with E-state index in [9.17, 15) is 9.59 Å². The van der Waals surface area contributed by atoms with E-state index in [1.807, 2.05) is 42.2 Å². The Balaban J connectivity index is 1.45. The molecule has 0 radical (unpaired) electrons. The molecule has 2 aliphatic heterocycles. The Hall–Kier alpha value is -2.86. The first kappa shape index (κ1) is 21.4. The van der Waals surface area contributed by atoms with Crippen molar-refractivity contribution in [2.45, 2.75) is 38.3 Å². The summed E-state index contributed by atoms with van der Waals surface area (Å²) < 4.78 is 5.24. The minimum Gasteiger partial charge on any atom is -0.497 e. The second kappa shape index (κ2) is 9.10. The number of hydrogen-bond donors (Lipinski definition) is 0. The van der Waals surface area contributed by atoms with E-state index in [0.29, 0.717) is 25.9 Å². The lowest BCUT2D eigenvalue weighted by Crippen LogP contribution is -2.56. The monoisotopic (exact) mass is 421 g/mol. The molecular weight excluding hydrogens is 390 g/mol. The molecule has 2 aliphatic rings. The number of likely N-dealkylation sites (tertiary alicyclic amines) is 1. The van der Waals surface area contributed by atoms with Crippen LogP contribution in [0.4, 0.5) is 4.79 Å². The lowest BCUT2D eigenvalue weighted by Gasteiger charge is -2.42. The molecule has 0 bridgehead atoms. The quantitative estimate of drug-likeness (QED) is 0.642. The zero-order valence-electron chi connectivity index (χ0n) is 18.4. The van der Waals surface area contributed by atoms with E-state index in [1.165, 1.54) is 16.0 Å². The van der Waals surface area contributed by atoms with Gasteiger partial charge in [-0.1, -0.05) is 42.5 Å². The van der Waals surface area contributed by atoms with Crippen molar-refractivity contribution in [3.63, 3.8) is 0 Å². The third-order valence-corrected chi connectivity index (χ3v) is 6.65. The number of benzene rings is 2. The second-order valence-corrected chi connectivity index (χ2v) is 8.38. The molecule has 0 N–H and O–H groups in total. The molecule has 2 saturated heterocycles. The Labute approximate surface area is 184 Å². The number of hydrogen-bond acceptors (Lipinski definition) is 4. The van der Waals surface area contributed by atoms with Gasteiger partial charge in [0.25, 0.3) is 5.91 Å². The van der Waals surface area contributed by atoms with Gasteiger partial charge in [0, 0.05) is 32.7 Å². The molecule has 0 aliphatic carbocycles. The first-order valence-electron chi connectivity index (χ1n) is 11.1. The molecule has 2 heterocycles. The molecule has 0 aromatic heterocycles. The fraction of sp³-hybridized carbons (Fsp3) is 0.440. The predicted octanol–water partition coefficient (Wildman–Crippen LogP) is 3.56. The van der Waals surface area contributed by atoms with Crippen LogP contribution in [0.3, 0.4) is 0 Å². The minimum atomic E-state index is -0.696. The average molecular weight is 422 g/mol. The van der Waals surface area contributed by atoms with E-state index in [2.05, 4.69) is 29.2 Å². The highest BCUT2D eigenvalue weighted by Crippen LogP contribution is 2.37. The van der Waals surface area contributed by atoms with Gasteiger partial charge in [-0.2, -0.15) is 0 Å². The summed E-state index contributed by atoms with van der Waals surface area (Å²) in [7, 11) is 1.67. The summed E-state index contributed by atoms with van der Waals surface area (Å²) >= 11 is 0. The largest absolute Gasteiger partial charge is 0.497 e. The average Bonchev–Trinajstić information content (AvgIpc) is 3.00. The van der Waals surface area contributed by atoms with Crippen molar-refractivity contribution in [1.29, 1.82) is 0 Å². The second-order valence-electron chi connectivity index (χ2n) is 8.38. The van der Waals surface area contributed by atoms with Gasteiger partial charge in [0.15, 0.2) is 0 Å². The first-order valence-corrected chi connectivity index (χ1v) is 11.1. The summed E-state index contributed by atoms with van der Waals surface area (Å²) in [5.41, 5.74) is 1.71. The molecule has 3 amide bonds. The molecular formula is C25H31N3O3. The maximum atomic E-state index is 13.3. The molecule has 0 saturated carbocycles. The van der Waals surface area contributed by atoms with Crippen molar-refractivity contribution < 1.29 is 14.3 Å². The Bertz CT molecular complexity index is 905. The fourth-order valence-corrected chi connectivity index (χ4v) is 4.81. The zero-order chi connectivity index (χ0) is 21.8. The number of imide groups is 1. The van der Waals surface area contributed by atoms with Gasteiger partial charge in [-0.25, -0.2) is 4.79 Å². The number of carbonyl (C=O) groups is 2.